The van der Waals surface area contributed by atoms with Gasteiger partial charge in [0.05, 0.1) is 24.6 Å². The minimum Gasteiger partial charge on any atom is -0.495 e. The van der Waals surface area contributed by atoms with E-state index in [1.54, 1.807) is 13.2 Å². The lowest BCUT2D eigenvalue weighted by atomic mass is 10.1. The summed E-state index contributed by atoms with van der Waals surface area (Å²) in [5.74, 6) is 0.904. The van der Waals surface area contributed by atoms with Crippen LogP contribution in [0.1, 0.15) is 5.56 Å². The van der Waals surface area contributed by atoms with E-state index in [9.17, 15) is 0 Å². The molecule has 1 saturated heterocycles. The zero-order valence-electron chi connectivity index (χ0n) is 13.9. The Kier molecular flexibility index (Phi) is 5.02. The second kappa shape index (κ2) is 7.56. The number of anilines is 1. The molecule has 0 amide bonds. The molecule has 0 unspecified atom stereocenters. The van der Waals surface area contributed by atoms with Crippen molar-refractivity contribution >= 4 is 11.4 Å². The predicted octanol–water partition coefficient (Wildman–Crippen LogP) is 3.38. The van der Waals surface area contributed by atoms with E-state index in [0.717, 1.165) is 48.9 Å². The molecule has 3 rings (SSSR count). The van der Waals surface area contributed by atoms with Gasteiger partial charge >= 0.3 is 0 Å². The Balaban J connectivity index is 1.74. The second-order valence-electron chi connectivity index (χ2n) is 5.67. The number of para-hydroxylation sites is 2. The van der Waals surface area contributed by atoms with Crippen LogP contribution in [-0.4, -0.2) is 38.2 Å². The fraction of sp³-hybridized carbons (Fsp3) is 0.250. The van der Waals surface area contributed by atoms with Gasteiger partial charge < -0.3 is 14.5 Å². The molecule has 0 aromatic heterocycles. The van der Waals surface area contributed by atoms with Crippen LogP contribution in [0, 0.1) is 11.3 Å². The van der Waals surface area contributed by atoms with E-state index in [0.29, 0.717) is 0 Å². The Morgan fingerprint density at radius 3 is 2.33 bits per heavy atom. The summed E-state index contributed by atoms with van der Waals surface area (Å²) in [6.07, 6.45) is 1.65. The monoisotopic (exact) mass is 319 g/mol. The molecule has 0 saturated carbocycles. The van der Waals surface area contributed by atoms with Gasteiger partial charge in [-0.15, -0.1) is 0 Å². The van der Waals surface area contributed by atoms with Gasteiger partial charge in [-0.3, -0.25) is 0 Å². The van der Waals surface area contributed by atoms with Gasteiger partial charge in [0.25, 0.3) is 0 Å². The van der Waals surface area contributed by atoms with Crippen molar-refractivity contribution in [2.75, 3.05) is 38.2 Å². The van der Waals surface area contributed by atoms with Crippen molar-refractivity contribution in [2.45, 2.75) is 0 Å². The second-order valence-corrected chi connectivity index (χ2v) is 5.67. The van der Waals surface area contributed by atoms with Crippen LogP contribution in [0.25, 0.3) is 5.70 Å². The Hall–Kier alpha value is -2.93. The molecule has 24 heavy (non-hydrogen) atoms. The van der Waals surface area contributed by atoms with E-state index in [2.05, 4.69) is 34.1 Å². The SMILES string of the molecule is COc1ccccc1N1CCN(C(=CC#N)c2ccccc2)CC1. The number of rotatable bonds is 4. The summed E-state index contributed by atoms with van der Waals surface area (Å²) in [6, 6.07) is 20.4. The van der Waals surface area contributed by atoms with Crippen LogP contribution in [0.5, 0.6) is 5.75 Å². The molecular formula is C20H21N3O. The summed E-state index contributed by atoms with van der Waals surface area (Å²) in [5, 5.41) is 9.15. The fourth-order valence-corrected chi connectivity index (χ4v) is 3.11. The van der Waals surface area contributed by atoms with Crippen molar-refractivity contribution < 1.29 is 4.74 Å². The van der Waals surface area contributed by atoms with Crippen molar-refractivity contribution in [1.82, 2.24) is 4.90 Å². The molecule has 122 valence electrons. The average molecular weight is 319 g/mol. The molecule has 1 aliphatic rings. The Labute approximate surface area is 143 Å². The first kappa shape index (κ1) is 15.9. The minimum absolute atomic E-state index is 0.875. The van der Waals surface area contributed by atoms with Crippen LogP contribution in [0.4, 0.5) is 5.69 Å². The number of piperazine rings is 1. The molecule has 0 N–H and O–H groups in total. The van der Waals surface area contributed by atoms with Crippen molar-refractivity contribution in [3.05, 3.63) is 66.2 Å². The summed E-state index contributed by atoms with van der Waals surface area (Å²) < 4.78 is 5.47. The third kappa shape index (κ3) is 3.36. The third-order valence-electron chi connectivity index (χ3n) is 4.32. The maximum absolute atomic E-state index is 9.15. The predicted molar refractivity (Wildman–Crippen MR) is 96.8 cm³/mol. The third-order valence-corrected chi connectivity index (χ3v) is 4.32. The smallest absolute Gasteiger partial charge is 0.142 e. The molecule has 0 bridgehead atoms. The molecule has 2 aromatic rings. The zero-order valence-corrected chi connectivity index (χ0v) is 13.9. The first-order chi connectivity index (χ1) is 11.8. The highest BCUT2D eigenvalue weighted by atomic mass is 16.5. The molecular weight excluding hydrogens is 298 g/mol. The Morgan fingerprint density at radius 1 is 1.00 bits per heavy atom. The molecule has 4 heteroatoms. The summed E-state index contributed by atoms with van der Waals surface area (Å²) in [5.41, 5.74) is 3.22. The lowest BCUT2D eigenvalue weighted by molar-refractivity contribution is 0.362. The van der Waals surface area contributed by atoms with Crippen molar-refractivity contribution in [3.63, 3.8) is 0 Å². The summed E-state index contributed by atoms with van der Waals surface area (Å²) in [7, 11) is 1.71. The normalized spacial score (nSPS) is 15.1. The molecule has 0 atom stereocenters. The van der Waals surface area contributed by atoms with E-state index < -0.39 is 0 Å². The highest BCUT2D eigenvalue weighted by molar-refractivity contribution is 5.67. The first-order valence-electron chi connectivity index (χ1n) is 8.11. The highest BCUT2D eigenvalue weighted by Crippen LogP contribution is 2.29. The number of benzene rings is 2. The van der Waals surface area contributed by atoms with Gasteiger partial charge in [-0.1, -0.05) is 42.5 Å². The molecule has 1 heterocycles. The lowest BCUT2D eigenvalue weighted by Gasteiger charge is -2.38. The van der Waals surface area contributed by atoms with E-state index in [1.165, 1.54) is 0 Å². The van der Waals surface area contributed by atoms with Gasteiger partial charge in [0, 0.05) is 32.3 Å². The van der Waals surface area contributed by atoms with Gasteiger partial charge in [-0.05, 0) is 17.7 Å². The number of allylic oxidation sites excluding steroid dienone is 1. The first-order valence-corrected chi connectivity index (χ1v) is 8.11. The number of nitrogens with zero attached hydrogens (tertiary/aromatic N) is 3. The van der Waals surface area contributed by atoms with Crippen LogP contribution in [0.3, 0.4) is 0 Å². The van der Waals surface area contributed by atoms with Gasteiger partial charge in [-0.25, -0.2) is 0 Å². The highest BCUT2D eigenvalue weighted by Gasteiger charge is 2.21. The van der Waals surface area contributed by atoms with Crippen LogP contribution in [0.15, 0.2) is 60.7 Å². The maximum Gasteiger partial charge on any atom is 0.142 e. The molecule has 1 aliphatic heterocycles. The quantitative estimate of drug-likeness (QED) is 0.810. The molecule has 0 radical (unpaired) electrons. The number of ether oxygens (including phenoxy) is 1. The maximum atomic E-state index is 9.15. The van der Waals surface area contributed by atoms with Crippen LogP contribution < -0.4 is 9.64 Å². The van der Waals surface area contributed by atoms with Crippen molar-refractivity contribution in [3.8, 4) is 11.8 Å². The number of nitriles is 1. The van der Waals surface area contributed by atoms with Crippen LogP contribution in [0.2, 0.25) is 0 Å². The van der Waals surface area contributed by atoms with Gasteiger partial charge in [0.1, 0.15) is 5.75 Å². The lowest BCUT2D eigenvalue weighted by Crippen LogP contribution is -2.45. The summed E-state index contributed by atoms with van der Waals surface area (Å²) in [4.78, 5) is 4.62. The molecule has 2 aromatic carbocycles. The molecule has 1 fully saturated rings. The largest absolute Gasteiger partial charge is 0.495 e. The van der Waals surface area contributed by atoms with Gasteiger partial charge in [0.2, 0.25) is 0 Å². The minimum atomic E-state index is 0.875. The average Bonchev–Trinajstić information content (AvgIpc) is 2.67. The number of hydrogen-bond donors (Lipinski definition) is 0. The molecule has 0 spiro atoms. The summed E-state index contributed by atoms with van der Waals surface area (Å²) in [6.45, 7) is 3.55. The van der Waals surface area contributed by atoms with Crippen LogP contribution in [-0.2, 0) is 0 Å². The van der Waals surface area contributed by atoms with E-state index in [-0.39, 0.29) is 0 Å². The van der Waals surface area contributed by atoms with E-state index in [1.807, 2.05) is 36.4 Å². The Bertz CT molecular complexity index is 741. The van der Waals surface area contributed by atoms with Crippen molar-refractivity contribution in [2.24, 2.45) is 0 Å². The number of hydrogen-bond acceptors (Lipinski definition) is 4. The fourth-order valence-electron chi connectivity index (χ4n) is 3.11. The van der Waals surface area contributed by atoms with Crippen molar-refractivity contribution in [1.29, 1.82) is 5.26 Å². The molecule has 0 aliphatic carbocycles. The van der Waals surface area contributed by atoms with Gasteiger partial charge in [0.15, 0.2) is 0 Å². The van der Waals surface area contributed by atoms with E-state index >= 15 is 0 Å². The van der Waals surface area contributed by atoms with Gasteiger partial charge in [-0.2, -0.15) is 5.26 Å². The molecule has 4 nitrogen and oxygen atoms in total. The standard InChI is InChI=1S/C20H21N3O/c1-24-20-10-6-5-9-19(20)23-15-13-22(14-16-23)18(11-12-21)17-7-3-2-4-8-17/h2-11H,13-16H2,1H3. The summed E-state index contributed by atoms with van der Waals surface area (Å²) >= 11 is 0. The zero-order chi connectivity index (χ0) is 16.8. The topological polar surface area (TPSA) is 39.5 Å². The van der Waals surface area contributed by atoms with E-state index in [4.69, 9.17) is 10.00 Å². The Morgan fingerprint density at radius 2 is 1.67 bits per heavy atom. The van der Waals surface area contributed by atoms with Crippen LogP contribution >= 0.6 is 0 Å². The number of methoxy groups -OCH3 is 1.